The first kappa shape index (κ1) is 16.1. The first-order valence-electron chi connectivity index (χ1n) is 0.921. The van der Waals surface area contributed by atoms with Gasteiger partial charge in [0.1, 0.15) is 0 Å². The van der Waals surface area contributed by atoms with E-state index in [-0.39, 0.29) is 22.5 Å². The maximum atomic E-state index is 9.43. The zero-order chi connectivity index (χ0) is 4.99. The van der Waals surface area contributed by atoms with Crippen LogP contribution >= 0.6 is 0 Å². The van der Waals surface area contributed by atoms with Gasteiger partial charge in [0.2, 0.25) is 0 Å². The quantitative estimate of drug-likeness (QED) is 0.584. The Bertz CT molecular complexity index is 70.8. The summed E-state index contributed by atoms with van der Waals surface area (Å²) in [5, 5.41) is 0. The Morgan fingerprint density at radius 2 is 2.00 bits per heavy atom. The average Bonchev–Trinajstić information content (AvgIpc) is 1.35. The molecule has 0 amide bonds. The van der Waals surface area contributed by atoms with Crippen molar-refractivity contribution in [1.29, 1.82) is 0 Å². The molecule has 53 valence electrons. The summed E-state index contributed by atoms with van der Waals surface area (Å²) in [7, 11) is 0. The van der Waals surface area contributed by atoms with E-state index in [0.717, 1.165) is 0 Å². The van der Waals surface area contributed by atoms with Crippen LogP contribution in [0.25, 0.3) is 0 Å². The first-order chi connectivity index (χ1) is 2.77. The molecule has 0 spiro atoms. The zero-order valence-electron chi connectivity index (χ0n) is 3.38. The van der Waals surface area contributed by atoms with Crippen LogP contribution in [0.1, 0.15) is 0 Å². The van der Waals surface area contributed by atoms with E-state index in [0.29, 0.717) is 0 Å². The van der Waals surface area contributed by atoms with E-state index >= 15 is 0 Å². The van der Waals surface area contributed by atoms with Crippen LogP contribution in [0.2, 0.25) is 0 Å². The normalized spacial score (nSPS) is 6.12. The van der Waals surface area contributed by atoms with E-state index in [9.17, 15) is 7.16 Å². The molecule has 0 saturated carbocycles. The summed E-state index contributed by atoms with van der Waals surface area (Å²) in [6, 6.07) is 0. The summed E-state index contributed by atoms with van der Waals surface area (Å²) >= 11 is -4.35. The molecular formula is H3Fe2O5Ti. The zero-order valence-corrected chi connectivity index (χ0v) is 7.15. The molecule has 0 aromatic rings. The predicted molar refractivity (Wildman–Crippen MR) is 8.29 cm³/mol. The molecule has 0 aliphatic heterocycles. The molecular weight excluding hydrogens is 240 g/mol. The van der Waals surface area contributed by atoms with E-state index in [2.05, 4.69) is 2.40 Å². The topological polar surface area (TPSA) is 95.1 Å². The molecule has 0 saturated heterocycles. The molecule has 0 atom stereocenters. The monoisotopic (exact) mass is 243 g/mol. The molecule has 0 heterocycles. The average molecular weight is 243 g/mol. The van der Waals surface area contributed by atoms with Crippen LogP contribution in [0.3, 0.4) is 0 Å². The number of hydrogen-bond donors (Lipinski definition) is 1. The van der Waals surface area contributed by atoms with Crippen molar-refractivity contribution in [2.45, 2.75) is 0 Å². The molecule has 3 N–H and O–H groups in total. The third-order valence-electron chi connectivity index (χ3n) is 0.0912. The second kappa shape index (κ2) is 11.1. The second-order valence-electron chi connectivity index (χ2n) is 0.397. The molecule has 8 heavy (non-hydrogen) atoms. The van der Waals surface area contributed by atoms with Crippen LogP contribution in [0.5, 0.6) is 0 Å². The summed E-state index contributed by atoms with van der Waals surface area (Å²) in [6.45, 7) is 0. The molecule has 0 aliphatic rings. The Balaban J connectivity index is -0.000000125. The third kappa shape index (κ3) is 15.7. The van der Waals surface area contributed by atoms with Crippen LogP contribution in [-0.2, 0) is 60.5 Å². The summed E-state index contributed by atoms with van der Waals surface area (Å²) < 4.78 is 30.0. The van der Waals surface area contributed by atoms with Gasteiger partial charge >= 0.3 is 47.1 Å². The fourth-order valence-corrected chi connectivity index (χ4v) is 0.428. The molecule has 0 aliphatic carbocycles. The van der Waals surface area contributed by atoms with Gasteiger partial charge in [0, 0.05) is 17.1 Å². The number of rotatable bonds is 2. The van der Waals surface area contributed by atoms with Gasteiger partial charge in [-0.1, -0.05) is 0 Å². The minimum absolute atomic E-state index is 0. The second-order valence-corrected chi connectivity index (χ2v) is 2.57. The summed E-state index contributed by atoms with van der Waals surface area (Å²) in [6.07, 6.45) is 0. The molecule has 0 unspecified atom stereocenters. The maximum absolute atomic E-state index is 9.43. The molecule has 0 rings (SSSR count). The minimum atomic E-state index is -3.45. The molecule has 0 bridgehead atoms. The summed E-state index contributed by atoms with van der Waals surface area (Å²) in [5.41, 5.74) is 0. The molecule has 0 aromatic heterocycles. The van der Waals surface area contributed by atoms with Crippen molar-refractivity contribution in [3.63, 3.8) is 0 Å². The van der Waals surface area contributed by atoms with E-state index < -0.39 is 33.8 Å². The summed E-state index contributed by atoms with van der Waals surface area (Å²) in [5.74, 6) is 0. The van der Waals surface area contributed by atoms with Crippen molar-refractivity contribution < 1.29 is 69.6 Å². The van der Waals surface area contributed by atoms with Crippen molar-refractivity contribution in [2.24, 2.45) is 0 Å². The van der Waals surface area contributed by atoms with Gasteiger partial charge in [-0.25, -0.2) is 0 Å². The van der Waals surface area contributed by atoms with Crippen LogP contribution in [0.15, 0.2) is 0 Å². The van der Waals surface area contributed by atoms with Gasteiger partial charge in [-0.15, -0.1) is 0 Å². The van der Waals surface area contributed by atoms with Gasteiger partial charge in [-0.05, 0) is 0 Å². The van der Waals surface area contributed by atoms with Gasteiger partial charge in [0.05, 0.1) is 0 Å². The standard InChI is InChI=1S/2Fe.2H2O.3O.Ti/h;;2*1H2;;;;/q;;;;;;;+1/p-1. The molecule has 0 aromatic carbocycles. The van der Waals surface area contributed by atoms with Gasteiger partial charge < -0.3 is 5.48 Å². The van der Waals surface area contributed by atoms with E-state index in [4.69, 9.17) is 3.69 Å². The Labute approximate surface area is 69.4 Å². The van der Waals surface area contributed by atoms with Crippen LogP contribution in [0.4, 0.5) is 0 Å². The van der Waals surface area contributed by atoms with Crippen molar-refractivity contribution in [3.05, 3.63) is 0 Å². The molecule has 0 fully saturated rings. The SMILES string of the molecule is O.[Fe].[O]=[Fe][O][Ti](=[O])[OH]. The molecule has 5 nitrogen and oxygen atoms in total. The van der Waals surface area contributed by atoms with Gasteiger partial charge in [0.15, 0.2) is 0 Å². The third-order valence-corrected chi connectivity index (χ3v) is 1.55. The Morgan fingerprint density at radius 3 is 2.00 bits per heavy atom. The van der Waals surface area contributed by atoms with Crippen molar-refractivity contribution >= 4 is 0 Å². The van der Waals surface area contributed by atoms with Crippen LogP contribution in [0, 0.1) is 0 Å². The summed E-state index contributed by atoms with van der Waals surface area (Å²) in [4.78, 5) is 0. The number of hydrogen-bond acceptors (Lipinski definition) is 3. The molecule has 0 radical (unpaired) electrons. The van der Waals surface area contributed by atoms with E-state index in [1.54, 1.807) is 0 Å². The van der Waals surface area contributed by atoms with Gasteiger partial charge in [-0.2, -0.15) is 0 Å². The fourth-order valence-electron chi connectivity index (χ4n) is 0.0252. The Morgan fingerprint density at radius 1 is 1.62 bits per heavy atom. The van der Waals surface area contributed by atoms with E-state index in [1.807, 2.05) is 0 Å². The van der Waals surface area contributed by atoms with Gasteiger partial charge in [-0.3, -0.25) is 0 Å². The van der Waals surface area contributed by atoms with Crippen molar-refractivity contribution in [1.82, 2.24) is 0 Å². The Kier molecular flexibility index (Phi) is 22.3. The Hall–Kier alpha value is 1.23. The van der Waals surface area contributed by atoms with Crippen LogP contribution < -0.4 is 0 Å². The van der Waals surface area contributed by atoms with Crippen molar-refractivity contribution in [3.8, 4) is 0 Å². The van der Waals surface area contributed by atoms with Gasteiger partial charge in [0.25, 0.3) is 0 Å². The van der Waals surface area contributed by atoms with Crippen molar-refractivity contribution in [2.75, 3.05) is 0 Å². The van der Waals surface area contributed by atoms with E-state index in [1.165, 1.54) is 0 Å². The predicted octanol–water partition coefficient (Wildman–Crippen LogP) is -1.70. The van der Waals surface area contributed by atoms with Crippen LogP contribution in [-0.4, -0.2) is 9.16 Å². The first-order valence-corrected chi connectivity index (χ1v) is 3.80. The fraction of sp³-hybridized carbons (Fsp3) is 0. The molecule has 8 heteroatoms.